The van der Waals surface area contributed by atoms with Crippen LogP contribution in [0, 0.1) is 13.8 Å². The first kappa shape index (κ1) is 11.8. The predicted octanol–water partition coefficient (Wildman–Crippen LogP) is 4.71. The second-order valence-electron chi connectivity index (χ2n) is 5.05. The molecule has 94 valence electrons. The fraction of sp³-hybridized carbons (Fsp3) is 0.111. The van der Waals surface area contributed by atoms with E-state index in [1.807, 2.05) is 0 Å². The summed E-state index contributed by atoms with van der Waals surface area (Å²) in [5.41, 5.74) is 11.7. The second kappa shape index (κ2) is 4.43. The smallest absolute Gasteiger partial charge is 0.0373 e. The molecule has 0 heterocycles. The summed E-state index contributed by atoms with van der Waals surface area (Å²) in [4.78, 5) is 0. The van der Waals surface area contributed by atoms with Gasteiger partial charge in [-0.2, -0.15) is 0 Å². The van der Waals surface area contributed by atoms with Crippen molar-refractivity contribution in [3.05, 3.63) is 65.7 Å². The van der Waals surface area contributed by atoms with Gasteiger partial charge in [-0.15, -0.1) is 0 Å². The average molecular weight is 247 g/mol. The Bertz CT molecular complexity index is 728. The van der Waals surface area contributed by atoms with Crippen molar-refractivity contribution in [2.24, 2.45) is 0 Å². The van der Waals surface area contributed by atoms with E-state index in [0.29, 0.717) is 0 Å². The lowest BCUT2D eigenvalue weighted by molar-refractivity contribution is 1.39. The average Bonchev–Trinajstić information content (AvgIpc) is 2.43. The molecule has 0 radical (unpaired) electrons. The van der Waals surface area contributed by atoms with Gasteiger partial charge in [-0.1, -0.05) is 42.5 Å². The van der Waals surface area contributed by atoms with E-state index in [9.17, 15) is 0 Å². The van der Waals surface area contributed by atoms with Gasteiger partial charge in [0, 0.05) is 5.69 Å². The zero-order valence-electron chi connectivity index (χ0n) is 11.3. The lowest BCUT2D eigenvalue weighted by atomic mass is 9.95. The summed E-state index contributed by atoms with van der Waals surface area (Å²) < 4.78 is 0. The van der Waals surface area contributed by atoms with Crippen LogP contribution < -0.4 is 5.73 Å². The van der Waals surface area contributed by atoms with Crippen molar-refractivity contribution < 1.29 is 0 Å². The zero-order chi connectivity index (χ0) is 13.4. The summed E-state index contributed by atoms with van der Waals surface area (Å²) in [6, 6.07) is 19.3. The maximum absolute atomic E-state index is 6.04. The molecule has 0 aliphatic rings. The molecule has 0 spiro atoms. The molecule has 2 N–H and O–H groups in total. The van der Waals surface area contributed by atoms with Gasteiger partial charge >= 0.3 is 0 Å². The molecular weight excluding hydrogens is 230 g/mol. The Kier molecular flexibility index (Phi) is 2.75. The molecule has 19 heavy (non-hydrogen) atoms. The van der Waals surface area contributed by atoms with Gasteiger partial charge in [-0.25, -0.2) is 0 Å². The summed E-state index contributed by atoms with van der Waals surface area (Å²) in [6.07, 6.45) is 0. The predicted molar refractivity (Wildman–Crippen MR) is 83.3 cm³/mol. The van der Waals surface area contributed by atoms with Crippen molar-refractivity contribution >= 4 is 16.5 Å². The third kappa shape index (κ3) is 1.97. The topological polar surface area (TPSA) is 26.0 Å². The summed E-state index contributed by atoms with van der Waals surface area (Å²) in [6.45, 7) is 4.13. The van der Waals surface area contributed by atoms with Gasteiger partial charge < -0.3 is 5.73 Å². The Hall–Kier alpha value is -2.28. The van der Waals surface area contributed by atoms with E-state index in [2.05, 4.69) is 68.4 Å². The number of anilines is 1. The molecule has 0 fully saturated rings. The fourth-order valence-electron chi connectivity index (χ4n) is 2.61. The van der Waals surface area contributed by atoms with Crippen molar-refractivity contribution in [3.8, 4) is 11.1 Å². The van der Waals surface area contributed by atoms with Crippen molar-refractivity contribution in [3.63, 3.8) is 0 Å². The van der Waals surface area contributed by atoms with Gasteiger partial charge in [0.1, 0.15) is 0 Å². The summed E-state index contributed by atoms with van der Waals surface area (Å²) in [7, 11) is 0. The molecule has 0 aliphatic carbocycles. The van der Waals surface area contributed by atoms with Gasteiger partial charge in [-0.3, -0.25) is 0 Å². The van der Waals surface area contributed by atoms with E-state index in [0.717, 1.165) is 16.8 Å². The van der Waals surface area contributed by atoms with E-state index in [1.165, 1.54) is 21.9 Å². The molecule has 3 rings (SSSR count). The van der Waals surface area contributed by atoms with Gasteiger partial charge in [0.2, 0.25) is 0 Å². The van der Waals surface area contributed by atoms with Crippen molar-refractivity contribution in [2.45, 2.75) is 13.8 Å². The van der Waals surface area contributed by atoms with Crippen LogP contribution in [0.15, 0.2) is 54.6 Å². The monoisotopic (exact) mass is 247 g/mol. The molecule has 0 atom stereocenters. The highest BCUT2D eigenvalue weighted by Crippen LogP contribution is 2.31. The minimum absolute atomic E-state index is 0.893. The molecule has 1 heteroatoms. The van der Waals surface area contributed by atoms with E-state index in [4.69, 9.17) is 5.73 Å². The first-order valence-corrected chi connectivity index (χ1v) is 6.51. The molecular formula is C18H17N. The van der Waals surface area contributed by atoms with Crippen LogP contribution in [0.2, 0.25) is 0 Å². The number of hydrogen-bond donors (Lipinski definition) is 1. The van der Waals surface area contributed by atoms with Crippen molar-refractivity contribution in [1.29, 1.82) is 0 Å². The molecule has 1 nitrogen and oxygen atoms in total. The molecule has 0 aromatic heterocycles. The summed E-state index contributed by atoms with van der Waals surface area (Å²) >= 11 is 0. The Morgan fingerprint density at radius 1 is 0.789 bits per heavy atom. The number of nitrogen functional groups attached to an aromatic ring is 1. The zero-order valence-corrected chi connectivity index (χ0v) is 11.3. The van der Waals surface area contributed by atoms with Crippen molar-refractivity contribution in [2.75, 3.05) is 5.73 Å². The second-order valence-corrected chi connectivity index (χ2v) is 5.05. The third-order valence-electron chi connectivity index (χ3n) is 3.69. The lowest BCUT2D eigenvalue weighted by Gasteiger charge is -2.11. The van der Waals surface area contributed by atoms with Crippen LogP contribution >= 0.6 is 0 Å². The standard InChI is InChI=1S/C18H17N/c1-12-10-15(11-13(2)18(12)19)17-9-5-7-14-6-3-4-8-16(14)17/h3-11H,19H2,1-2H3. The minimum atomic E-state index is 0.893. The van der Waals surface area contributed by atoms with Crippen LogP contribution in [0.1, 0.15) is 11.1 Å². The maximum atomic E-state index is 6.04. The lowest BCUT2D eigenvalue weighted by Crippen LogP contribution is -1.94. The summed E-state index contributed by atoms with van der Waals surface area (Å²) in [5, 5.41) is 2.56. The molecule has 0 bridgehead atoms. The molecule has 0 unspecified atom stereocenters. The number of hydrogen-bond acceptors (Lipinski definition) is 1. The van der Waals surface area contributed by atoms with Crippen LogP contribution in [0.4, 0.5) is 5.69 Å². The normalized spacial score (nSPS) is 10.8. The molecule has 0 amide bonds. The Balaban J connectivity index is 2.31. The summed E-state index contributed by atoms with van der Waals surface area (Å²) in [5.74, 6) is 0. The molecule has 0 saturated carbocycles. The first-order chi connectivity index (χ1) is 9.16. The van der Waals surface area contributed by atoms with Crippen LogP contribution in [-0.2, 0) is 0 Å². The van der Waals surface area contributed by atoms with Crippen LogP contribution in [0.25, 0.3) is 21.9 Å². The highest BCUT2D eigenvalue weighted by molar-refractivity contribution is 5.97. The number of fused-ring (bicyclic) bond motifs is 1. The molecule has 3 aromatic rings. The minimum Gasteiger partial charge on any atom is -0.398 e. The van der Waals surface area contributed by atoms with Gasteiger partial charge in [0.15, 0.2) is 0 Å². The first-order valence-electron chi connectivity index (χ1n) is 6.51. The highest BCUT2D eigenvalue weighted by atomic mass is 14.6. The fourth-order valence-corrected chi connectivity index (χ4v) is 2.61. The van der Waals surface area contributed by atoms with Gasteiger partial charge in [-0.05, 0) is 59.0 Å². The van der Waals surface area contributed by atoms with Crippen LogP contribution in [0.3, 0.4) is 0 Å². The molecule has 3 aromatic carbocycles. The van der Waals surface area contributed by atoms with E-state index < -0.39 is 0 Å². The highest BCUT2D eigenvalue weighted by Gasteiger charge is 2.06. The Labute approximate surface area is 113 Å². The number of aryl methyl sites for hydroxylation is 2. The van der Waals surface area contributed by atoms with E-state index >= 15 is 0 Å². The van der Waals surface area contributed by atoms with E-state index in [-0.39, 0.29) is 0 Å². The van der Waals surface area contributed by atoms with Crippen LogP contribution in [0.5, 0.6) is 0 Å². The van der Waals surface area contributed by atoms with Crippen molar-refractivity contribution in [1.82, 2.24) is 0 Å². The Morgan fingerprint density at radius 2 is 1.42 bits per heavy atom. The number of rotatable bonds is 1. The number of nitrogens with two attached hydrogens (primary N) is 1. The maximum Gasteiger partial charge on any atom is 0.0373 e. The van der Waals surface area contributed by atoms with Gasteiger partial charge in [0.25, 0.3) is 0 Å². The molecule has 0 saturated heterocycles. The SMILES string of the molecule is Cc1cc(-c2cccc3ccccc23)cc(C)c1N. The van der Waals surface area contributed by atoms with E-state index in [1.54, 1.807) is 0 Å². The largest absolute Gasteiger partial charge is 0.398 e. The third-order valence-corrected chi connectivity index (χ3v) is 3.69. The van der Waals surface area contributed by atoms with Gasteiger partial charge in [0.05, 0.1) is 0 Å². The Morgan fingerprint density at radius 3 is 2.16 bits per heavy atom. The van der Waals surface area contributed by atoms with Crippen LogP contribution in [-0.4, -0.2) is 0 Å². The number of benzene rings is 3. The molecule has 0 aliphatic heterocycles. The quantitative estimate of drug-likeness (QED) is 0.619.